The van der Waals surface area contributed by atoms with Crippen molar-refractivity contribution in [1.82, 2.24) is 0 Å². The molecule has 0 heterocycles. The van der Waals surface area contributed by atoms with Crippen molar-refractivity contribution in [2.45, 2.75) is 32.2 Å². The first-order valence-corrected chi connectivity index (χ1v) is 6.23. The van der Waals surface area contributed by atoms with Gasteiger partial charge in [-0.3, -0.25) is 4.79 Å². The molecule has 1 amide bonds. The number of ether oxygens (including phenoxy) is 1. The number of rotatable bonds is 6. The Morgan fingerprint density at radius 2 is 2.00 bits per heavy atom. The summed E-state index contributed by atoms with van der Waals surface area (Å²) in [6.45, 7) is 4.56. The topological polar surface area (TPSA) is 64.4 Å². The normalized spacial score (nSPS) is 14.0. The highest BCUT2D eigenvalue weighted by molar-refractivity contribution is 5.94. The number of nitrogens with two attached hydrogens (primary N) is 1. The maximum atomic E-state index is 11.7. The third-order valence-electron chi connectivity index (χ3n) is 3.04. The van der Waals surface area contributed by atoms with Crippen molar-refractivity contribution < 1.29 is 9.53 Å². The van der Waals surface area contributed by atoms with Crippen LogP contribution in [0.15, 0.2) is 24.3 Å². The summed E-state index contributed by atoms with van der Waals surface area (Å²) in [6, 6.07) is 7.24. The van der Waals surface area contributed by atoms with Crippen molar-refractivity contribution in [3.05, 3.63) is 29.8 Å². The predicted octanol–water partition coefficient (Wildman–Crippen LogP) is 2.11. The lowest BCUT2D eigenvalue weighted by atomic mass is 9.99. The maximum absolute atomic E-state index is 11.7. The van der Waals surface area contributed by atoms with Crippen LogP contribution in [0.2, 0.25) is 0 Å². The third kappa shape index (κ3) is 4.13. The van der Waals surface area contributed by atoms with Crippen LogP contribution >= 0.6 is 0 Å². The van der Waals surface area contributed by atoms with E-state index in [0.29, 0.717) is 5.92 Å². The molecule has 0 spiro atoms. The van der Waals surface area contributed by atoms with Crippen LogP contribution in [0.3, 0.4) is 0 Å². The monoisotopic (exact) mass is 250 g/mol. The average Bonchev–Trinajstić information content (AvgIpc) is 2.39. The fraction of sp³-hybridized carbons (Fsp3) is 0.500. The lowest BCUT2D eigenvalue weighted by molar-refractivity contribution is -0.118. The standard InChI is InChI=1S/C14H22N2O2/c1-4-10(2)11-5-7-12(8-6-11)16-14(17)13(15)9-18-3/h5-8,10,13H,4,9,15H2,1-3H3,(H,16,17). The molecule has 0 fully saturated rings. The van der Waals surface area contributed by atoms with E-state index >= 15 is 0 Å². The van der Waals surface area contributed by atoms with Crippen molar-refractivity contribution in [1.29, 1.82) is 0 Å². The van der Waals surface area contributed by atoms with E-state index in [0.717, 1.165) is 12.1 Å². The lowest BCUT2D eigenvalue weighted by Gasteiger charge is -2.13. The van der Waals surface area contributed by atoms with Gasteiger partial charge in [0.25, 0.3) is 0 Å². The molecule has 0 bridgehead atoms. The van der Waals surface area contributed by atoms with Crippen LogP contribution in [0.5, 0.6) is 0 Å². The molecule has 1 aromatic carbocycles. The van der Waals surface area contributed by atoms with E-state index in [1.807, 2.05) is 24.3 Å². The Labute approximate surface area is 109 Å². The smallest absolute Gasteiger partial charge is 0.243 e. The van der Waals surface area contributed by atoms with E-state index < -0.39 is 6.04 Å². The summed E-state index contributed by atoms with van der Waals surface area (Å²) in [5.74, 6) is 0.304. The molecule has 2 atom stereocenters. The van der Waals surface area contributed by atoms with Crippen molar-refractivity contribution in [3.63, 3.8) is 0 Å². The largest absolute Gasteiger partial charge is 0.383 e. The summed E-state index contributed by atoms with van der Waals surface area (Å²) in [5, 5.41) is 2.77. The van der Waals surface area contributed by atoms with Crippen molar-refractivity contribution in [2.24, 2.45) is 5.73 Å². The molecule has 1 rings (SSSR count). The van der Waals surface area contributed by atoms with E-state index in [1.54, 1.807) is 0 Å². The average molecular weight is 250 g/mol. The van der Waals surface area contributed by atoms with E-state index in [9.17, 15) is 4.79 Å². The molecule has 0 saturated carbocycles. The van der Waals surface area contributed by atoms with Gasteiger partial charge in [0.1, 0.15) is 6.04 Å². The number of benzene rings is 1. The number of nitrogens with one attached hydrogen (secondary N) is 1. The van der Waals surface area contributed by atoms with Crippen LogP contribution < -0.4 is 11.1 Å². The molecule has 18 heavy (non-hydrogen) atoms. The van der Waals surface area contributed by atoms with Crippen LogP contribution in [0.25, 0.3) is 0 Å². The summed E-state index contributed by atoms with van der Waals surface area (Å²) in [5.41, 5.74) is 7.68. The lowest BCUT2D eigenvalue weighted by Crippen LogP contribution is -2.39. The second-order valence-corrected chi connectivity index (χ2v) is 4.48. The molecule has 4 nitrogen and oxygen atoms in total. The molecule has 0 radical (unpaired) electrons. The molecule has 3 N–H and O–H groups in total. The highest BCUT2D eigenvalue weighted by Gasteiger charge is 2.13. The maximum Gasteiger partial charge on any atom is 0.243 e. The number of anilines is 1. The van der Waals surface area contributed by atoms with E-state index in [4.69, 9.17) is 10.5 Å². The number of amides is 1. The summed E-state index contributed by atoms with van der Waals surface area (Å²) >= 11 is 0. The van der Waals surface area contributed by atoms with Crippen molar-refractivity contribution in [2.75, 3.05) is 19.0 Å². The van der Waals surface area contributed by atoms with Crippen molar-refractivity contribution in [3.8, 4) is 0 Å². The number of hydrogen-bond acceptors (Lipinski definition) is 3. The zero-order chi connectivity index (χ0) is 13.5. The van der Waals surface area contributed by atoms with Crippen LogP contribution in [0.4, 0.5) is 5.69 Å². The quantitative estimate of drug-likeness (QED) is 0.812. The van der Waals surface area contributed by atoms with Crippen LogP contribution in [-0.2, 0) is 9.53 Å². The van der Waals surface area contributed by atoms with E-state index in [-0.39, 0.29) is 12.5 Å². The Bertz CT molecular complexity index is 376. The molecular formula is C14H22N2O2. The number of hydrogen-bond donors (Lipinski definition) is 2. The van der Waals surface area contributed by atoms with Gasteiger partial charge in [-0.25, -0.2) is 0 Å². The molecule has 100 valence electrons. The molecule has 0 aliphatic carbocycles. The SMILES string of the molecule is CCC(C)c1ccc(NC(=O)C(N)COC)cc1. The summed E-state index contributed by atoms with van der Waals surface area (Å²) < 4.78 is 4.84. The highest BCUT2D eigenvalue weighted by Crippen LogP contribution is 2.20. The molecule has 4 heteroatoms. The molecule has 0 aliphatic heterocycles. The van der Waals surface area contributed by atoms with Gasteiger partial charge in [0.15, 0.2) is 0 Å². The number of carbonyl (C=O) groups is 1. The minimum atomic E-state index is -0.635. The Balaban J connectivity index is 2.61. The second kappa shape index (κ2) is 7.13. The second-order valence-electron chi connectivity index (χ2n) is 4.48. The number of carbonyl (C=O) groups excluding carboxylic acids is 1. The van der Waals surface area contributed by atoms with Crippen LogP contribution in [0, 0.1) is 0 Å². The Hall–Kier alpha value is -1.39. The number of methoxy groups -OCH3 is 1. The molecule has 0 aromatic heterocycles. The van der Waals surface area contributed by atoms with E-state index in [1.165, 1.54) is 12.7 Å². The van der Waals surface area contributed by atoms with Gasteiger partial charge >= 0.3 is 0 Å². The fourth-order valence-electron chi connectivity index (χ4n) is 1.62. The summed E-state index contributed by atoms with van der Waals surface area (Å²) in [6.07, 6.45) is 1.10. The van der Waals surface area contributed by atoms with E-state index in [2.05, 4.69) is 19.2 Å². The summed E-state index contributed by atoms with van der Waals surface area (Å²) in [4.78, 5) is 11.7. The van der Waals surface area contributed by atoms with Gasteiger partial charge < -0.3 is 15.8 Å². The van der Waals surface area contributed by atoms with Crippen LogP contribution in [0.1, 0.15) is 31.7 Å². The Kier molecular flexibility index (Phi) is 5.82. The van der Waals surface area contributed by atoms with Gasteiger partial charge in [0, 0.05) is 12.8 Å². The minimum Gasteiger partial charge on any atom is -0.383 e. The zero-order valence-corrected chi connectivity index (χ0v) is 11.3. The van der Waals surface area contributed by atoms with Gasteiger partial charge in [-0.1, -0.05) is 26.0 Å². The highest BCUT2D eigenvalue weighted by atomic mass is 16.5. The first kappa shape index (κ1) is 14.7. The first-order chi connectivity index (χ1) is 8.58. The zero-order valence-electron chi connectivity index (χ0n) is 11.3. The van der Waals surface area contributed by atoms with Crippen LogP contribution in [-0.4, -0.2) is 25.7 Å². The fourth-order valence-corrected chi connectivity index (χ4v) is 1.62. The molecule has 1 aromatic rings. The Morgan fingerprint density at radius 3 is 2.50 bits per heavy atom. The third-order valence-corrected chi connectivity index (χ3v) is 3.04. The predicted molar refractivity (Wildman–Crippen MR) is 73.6 cm³/mol. The molecular weight excluding hydrogens is 228 g/mol. The van der Waals surface area contributed by atoms with Crippen molar-refractivity contribution >= 4 is 11.6 Å². The molecule has 0 saturated heterocycles. The minimum absolute atomic E-state index is 0.219. The molecule has 2 unspecified atom stereocenters. The van der Waals surface area contributed by atoms with Gasteiger partial charge in [0.2, 0.25) is 5.91 Å². The van der Waals surface area contributed by atoms with Gasteiger partial charge in [-0.2, -0.15) is 0 Å². The molecule has 0 aliphatic rings. The first-order valence-electron chi connectivity index (χ1n) is 6.23. The van der Waals surface area contributed by atoms with Gasteiger partial charge in [0.05, 0.1) is 6.61 Å². The Morgan fingerprint density at radius 1 is 1.39 bits per heavy atom. The van der Waals surface area contributed by atoms with Gasteiger partial charge in [-0.05, 0) is 30.0 Å². The summed E-state index contributed by atoms with van der Waals surface area (Å²) in [7, 11) is 1.52. The van der Waals surface area contributed by atoms with Gasteiger partial charge in [-0.15, -0.1) is 0 Å².